The summed E-state index contributed by atoms with van der Waals surface area (Å²) in [5, 5.41) is 8.83. The zero-order valence-electron chi connectivity index (χ0n) is 22.7. The molecule has 1 saturated heterocycles. The molecule has 0 spiro atoms. The molecule has 204 valence electrons. The number of amides is 2. The van der Waals surface area contributed by atoms with Gasteiger partial charge in [0.1, 0.15) is 12.4 Å². The van der Waals surface area contributed by atoms with Crippen LogP contribution in [0.1, 0.15) is 34.5 Å². The zero-order valence-corrected chi connectivity index (χ0v) is 22.7. The predicted molar refractivity (Wildman–Crippen MR) is 153 cm³/mol. The van der Waals surface area contributed by atoms with Gasteiger partial charge in [-0.1, -0.05) is 72.3 Å². The molecular weight excluding hydrogens is 505 g/mol. The van der Waals surface area contributed by atoms with Gasteiger partial charge in [0, 0.05) is 31.7 Å². The van der Waals surface area contributed by atoms with Crippen molar-refractivity contribution in [1.29, 1.82) is 0 Å². The molecule has 0 N–H and O–H groups in total. The van der Waals surface area contributed by atoms with Crippen molar-refractivity contribution in [3.8, 4) is 11.3 Å². The van der Waals surface area contributed by atoms with Crippen LogP contribution in [-0.4, -0.2) is 64.5 Å². The number of aromatic nitrogens is 2. The number of rotatable bonds is 7. The number of hydrogen-bond acceptors (Lipinski definition) is 5. The third-order valence-corrected chi connectivity index (χ3v) is 7.37. The van der Waals surface area contributed by atoms with Crippen molar-refractivity contribution in [3.63, 3.8) is 0 Å². The monoisotopic (exact) mass is 537 g/mol. The standard InChI is InChI=1S/C32H32FN5O2/c1-23-12-14-26(15-13-23)29-16-17-30(35-34-29)36-18-20-37(21-19-36)31(39)22-38(24(2)25-8-4-3-5-9-25)32(40)27-10-6-7-11-28(27)33/h3-17,24H,18-22H2,1-2H3. The van der Waals surface area contributed by atoms with E-state index in [9.17, 15) is 14.0 Å². The second kappa shape index (κ2) is 12.1. The van der Waals surface area contributed by atoms with E-state index >= 15 is 0 Å². The first-order valence-electron chi connectivity index (χ1n) is 13.4. The Morgan fingerprint density at radius 1 is 0.850 bits per heavy atom. The van der Waals surface area contributed by atoms with Crippen molar-refractivity contribution in [2.75, 3.05) is 37.6 Å². The zero-order chi connectivity index (χ0) is 28.1. The molecule has 7 nitrogen and oxygen atoms in total. The lowest BCUT2D eigenvalue weighted by Gasteiger charge is -2.37. The largest absolute Gasteiger partial charge is 0.352 e. The highest BCUT2D eigenvalue weighted by molar-refractivity contribution is 5.97. The van der Waals surface area contributed by atoms with E-state index < -0.39 is 17.8 Å². The van der Waals surface area contributed by atoms with Crippen molar-refractivity contribution in [1.82, 2.24) is 20.0 Å². The van der Waals surface area contributed by atoms with Gasteiger partial charge in [-0.15, -0.1) is 10.2 Å². The fraction of sp³-hybridized carbons (Fsp3) is 0.250. The summed E-state index contributed by atoms with van der Waals surface area (Å²) in [7, 11) is 0. The van der Waals surface area contributed by atoms with Crippen LogP contribution >= 0.6 is 0 Å². The number of nitrogens with zero attached hydrogens (tertiary/aromatic N) is 5. The van der Waals surface area contributed by atoms with Crippen molar-refractivity contribution in [2.45, 2.75) is 19.9 Å². The van der Waals surface area contributed by atoms with Gasteiger partial charge in [0.15, 0.2) is 5.82 Å². The fourth-order valence-electron chi connectivity index (χ4n) is 4.89. The number of hydrogen-bond donors (Lipinski definition) is 0. The highest BCUT2D eigenvalue weighted by Crippen LogP contribution is 2.24. The van der Waals surface area contributed by atoms with Crippen LogP contribution < -0.4 is 4.90 Å². The Kier molecular flexibility index (Phi) is 8.15. The maximum Gasteiger partial charge on any atom is 0.257 e. The van der Waals surface area contributed by atoms with Crippen LogP contribution in [0, 0.1) is 12.7 Å². The average Bonchev–Trinajstić information content (AvgIpc) is 3.00. The van der Waals surface area contributed by atoms with Gasteiger partial charge in [-0.25, -0.2) is 4.39 Å². The molecule has 2 amide bonds. The topological polar surface area (TPSA) is 69.6 Å². The van der Waals surface area contributed by atoms with E-state index in [1.807, 2.05) is 80.6 Å². The van der Waals surface area contributed by atoms with Crippen LogP contribution in [0.5, 0.6) is 0 Å². The molecule has 40 heavy (non-hydrogen) atoms. The lowest BCUT2D eigenvalue weighted by molar-refractivity contribution is -0.132. The van der Waals surface area contributed by atoms with Crippen LogP contribution in [-0.2, 0) is 4.79 Å². The van der Waals surface area contributed by atoms with Crippen LogP contribution in [0.4, 0.5) is 10.2 Å². The first-order chi connectivity index (χ1) is 19.4. The molecule has 1 aliphatic heterocycles. The van der Waals surface area contributed by atoms with Crippen molar-refractivity contribution in [2.24, 2.45) is 0 Å². The number of piperazine rings is 1. The number of carbonyl (C=O) groups excluding carboxylic acids is 2. The molecule has 0 saturated carbocycles. The molecule has 3 aromatic carbocycles. The molecule has 0 aliphatic carbocycles. The van der Waals surface area contributed by atoms with Crippen LogP contribution in [0.15, 0.2) is 91.0 Å². The molecular formula is C32H32FN5O2. The lowest BCUT2D eigenvalue weighted by Crippen LogP contribution is -2.52. The number of carbonyl (C=O) groups is 2. The summed E-state index contributed by atoms with van der Waals surface area (Å²) in [4.78, 5) is 32.2. The molecule has 1 unspecified atom stereocenters. The van der Waals surface area contributed by atoms with Gasteiger partial charge >= 0.3 is 0 Å². The van der Waals surface area contributed by atoms with Gasteiger partial charge < -0.3 is 14.7 Å². The minimum Gasteiger partial charge on any atom is -0.352 e. The molecule has 1 aromatic heterocycles. The smallest absolute Gasteiger partial charge is 0.257 e. The van der Waals surface area contributed by atoms with E-state index in [0.717, 1.165) is 22.6 Å². The number of benzene rings is 3. The maximum absolute atomic E-state index is 14.5. The predicted octanol–water partition coefficient (Wildman–Crippen LogP) is 5.14. The number of halogens is 1. The second-order valence-corrected chi connectivity index (χ2v) is 10.0. The van der Waals surface area contributed by atoms with E-state index in [1.165, 1.54) is 22.6 Å². The highest BCUT2D eigenvalue weighted by Gasteiger charge is 2.30. The van der Waals surface area contributed by atoms with E-state index in [-0.39, 0.29) is 18.0 Å². The normalized spacial score (nSPS) is 14.1. The SMILES string of the molecule is Cc1ccc(-c2ccc(N3CCN(C(=O)CN(C(=O)c4ccccc4F)C(C)c4ccccc4)CC3)nn2)cc1. The van der Waals surface area contributed by atoms with Gasteiger partial charge in [-0.05, 0) is 43.7 Å². The minimum atomic E-state index is -0.603. The number of aryl methyl sites for hydroxylation is 1. The van der Waals surface area contributed by atoms with Gasteiger partial charge in [0.2, 0.25) is 5.91 Å². The average molecular weight is 538 g/mol. The molecule has 5 rings (SSSR count). The molecule has 0 bridgehead atoms. The summed E-state index contributed by atoms with van der Waals surface area (Å²) in [6.45, 7) is 5.93. The number of anilines is 1. The summed E-state index contributed by atoms with van der Waals surface area (Å²) in [5.41, 5.74) is 3.84. The van der Waals surface area contributed by atoms with Crippen molar-refractivity contribution in [3.05, 3.63) is 114 Å². The first-order valence-corrected chi connectivity index (χ1v) is 13.4. The summed E-state index contributed by atoms with van der Waals surface area (Å²) in [6, 6.07) is 27.0. The van der Waals surface area contributed by atoms with Crippen molar-refractivity contribution >= 4 is 17.6 Å². The Bertz CT molecular complexity index is 1450. The van der Waals surface area contributed by atoms with E-state index in [2.05, 4.69) is 15.1 Å². The van der Waals surface area contributed by atoms with Gasteiger partial charge in [-0.3, -0.25) is 9.59 Å². The summed E-state index contributed by atoms with van der Waals surface area (Å²) >= 11 is 0. The van der Waals surface area contributed by atoms with E-state index in [1.54, 1.807) is 17.0 Å². The van der Waals surface area contributed by atoms with Crippen LogP contribution in [0.25, 0.3) is 11.3 Å². The summed E-state index contributed by atoms with van der Waals surface area (Å²) < 4.78 is 14.5. The molecule has 2 heterocycles. The lowest BCUT2D eigenvalue weighted by atomic mass is 10.0. The molecule has 1 aliphatic rings. The minimum absolute atomic E-state index is 0.0458. The molecule has 1 atom stereocenters. The summed E-state index contributed by atoms with van der Waals surface area (Å²) in [6.07, 6.45) is 0. The van der Waals surface area contributed by atoms with Crippen LogP contribution in [0.3, 0.4) is 0 Å². The van der Waals surface area contributed by atoms with E-state index in [4.69, 9.17) is 0 Å². The Hall–Kier alpha value is -4.59. The fourth-order valence-corrected chi connectivity index (χ4v) is 4.89. The Morgan fingerprint density at radius 2 is 1.52 bits per heavy atom. The molecule has 1 fully saturated rings. The first kappa shape index (κ1) is 27.0. The Labute approximate surface area is 233 Å². The van der Waals surface area contributed by atoms with E-state index in [0.29, 0.717) is 26.2 Å². The van der Waals surface area contributed by atoms with Gasteiger partial charge in [0.25, 0.3) is 5.91 Å². The molecule has 0 radical (unpaired) electrons. The maximum atomic E-state index is 14.5. The molecule has 4 aromatic rings. The second-order valence-electron chi connectivity index (χ2n) is 10.0. The highest BCUT2D eigenvalue weighted by atomic mass is 19.1. The third-order valence-electron chi connectivity index (χ3n) is 7.37. The van der Waals surface area contributed by atoms with Crippen molar-refractivity contribution < 1.29 is 14.0 Å². The Balaban J connectivity index is 1.25. The summed E-state index contributed by atoms with van der Waals surface area (Å²) in [5.74, 6) is -0.524. The third kappa shape index (κ3) is 6.01. The van der Waals surface area contributed by atoms with Crippen LogP contribution in [0.2, 0.25) is 0 Å². The quantitative estimate of drug-likeness (QED) is 0.326. The Morgan fingerprint density at radius 3 is 2.17 bits per heavy atom. The van der Waals surface area contributed by atoms with Gasteiger partial charge in [-0.2, -0.15) is 0 Å². The van der Waals surface area contributed by atoms with Gasteiger partial charge in [0.05, 0.1) is 17.3 Å². The molecule has 8 heteroatoms.